The lowest BCUT2D eigenvalue weighted by molar-refractivity contribution is -0.138. The number of benzene rings is 1. The van der Waals surface area contributed by atoms with Crippen LogP contribution in [0, 0.1) is 11.7 Å². The number of hydrogen-bond acceptors (Lipinski definition) is 1. The molecule has 5 heteroatoms. The first-order valence-electron chi connectivity index (χ1n) is 5.93. The first-order valence-corrected chi connectivity index (χ1v) is 5.93. The summed E-state index contributed by atoms with van der Waals surface area (Å²) < 4.78 is 51.6. The maximum absolute atomic E-state index is 13.1. The van der Waals surface area contributed by atoms with Gasteiger partial charge in [0, 0.05) is 6.04 Å². The van der Waals surface area contributed by atoms with Crippen LogP contribution in [0.3, 0.4) is 0 Å². The highest BCUT2D eigenvalue weighted by Gasteiger charge is 2.35. The third-order valence-corrected chi connectivity index (χ3v) is 3.23. The van der Waals surface area contributed by atoms with Crippen LogP contribution in [0.1, 0.15) is 43.9 Å². The second-order valence-corrected chi connectivity index (χ2v) is 4.33. The molecule has 1 aromatic carbocycles. The van der Waals surface area contributed by atoms with Gasteiger partial charge in [-0.3, -0.25) is 0 Å². The predicted octanol–water partition coefficient (Wildman–Crippen LogP) is 4.28. The minimum Gasteiger partial charge on any atom is -0.324 e. The fraction of sp³-hybridized carbons (Fsp3) is 0.538. The van der Waals surface area contributed by atoms with E-state index in [0.717, 1.165) is 18.2 Å². The molecule has 0 aromatic heterocycles. The number of halogens is 4. The number of rotatable bonds is 4. The van der Waals surface area contributed by atoms with Crippen molar-refractivity contribution in [1.82, 2.24) is 0 Å². The maximum atomic E-state index is 13.1. The lowest BCUT2D eigenvalue weighted by Gasteiger charge is -2.24. The quantitative estimate of drug-likeness (QED) is 0.806. The molecule has 0 bridgehead atoms. The average Bonchev–Trinajstić information content (AvgIpc) is 2.28. The number of nitrogens with two attached hydrogens (primary N) is 1. The van der Waals surface area contributed by atoms with Gasteiger partial charge >= 0.3 is 6.18 Å². The smallest absolute Gasteiger partial charge is 0.324 e. The van der Waals surface area contributed by atoms with Gasteiger partial charge in [-0.05, 0) is 29.7 Å². The standard InChI is InChI=1S/C13H17F4N/c1-3-8(4-2)12(18)10-7-9(14)5-6-11(10)13(15,16)17/h5-8,12H,3-4,18H2,1-2H3. The van der Waals surface area contributed by atoms with Crippen molar-refractivity contribution in [2.45, 2.75) is 38.9 Å². The molecule has 1 rings (SSSR count). The van der Waals surface area contributed by atoms with Crippen molar-refractivity contribution in [3.63, 3.8) is 0 Å². The Morgan fingerprint density at radius 2 is 1.72 bits per heavy atom. The third kappa shape index (κ3) is 3.22. The monoisotopic (exact) mass is 263 g/mol. The molecular weight excluding hydrogens is 246 g/mol. The van der Waals surface area contributed by atoms with Gasteiger partial charge in [0.15, 0.2) is 0 Å². The Bertz CT molecular complexity index is 396. The Kier molecular flexibility index (Phi) is 4.73. The molecule has 0 amide bonds. The van der Waals surface area contributed by atoms with Gasteiger partial charge in [-0.15, -0.1) is 0 Å². The van der Waals surface area contributed by atoms with E-state index in [1.54, 1.807) is 0 Å². The van der Waals surface area contributed by atoms with E-state index >= 15 is 0 Å². The van der Waals surface area contributed by atoms with E-state index in [0.29, 0.717) is 12.8 Å². The summed E-state index contributed by atoms with van der Waals surface area (Å²) in [7, 11) is 0. The van der Waals surface area contributed by atoms with Gasteiger partial charge in [0.2, 0.25) is 0 Å². The van der Waals surface area contributed by atoms with Crippen LogP contribution in [-0.4, -0.2) is 0 Å². The van der Waals surface area contributed by atoms with Gasteiger partial charge in [-0.1, -0.05) is 26.7 Å². The Morgan fingerprint density at radius 1 is 1.17 bits per heavy atom. The molecule has 0 aliphatic rings. The van der Waals surface area contributed by atoms with E-state index in [9.17, 15) is 17.6 Å². The van der Waals surface area contributed by atoms with Gasteiger partial charge in [-0.25, -0.2) is 4.39 Å². The summed E-state index contributed by atoms with van der Waals surface area (Å²) in [6.45, 7) is 3.72. The SMILES string of the molecule is CCC(CC)C(N)c1cc(F)ccc1C(F)(F)F. The van der Waals surface area contributed by atoms with E-state index in [-0.39, 0.29) is 11.5 Å². The molecular formula is C13H17F4N. The molecule has 18 heavy (non-hydrogen) atoms. The largest absolute Gasteiger partial charge is 0.416 e. The van der Waals surface area contributed by atoms with Crippen LogP contribution in [-0.2, 0) is 6.18 Å². The fourth-order valence-electron chi connectivity index (χ4n) is 2.12. The lowest BCUT2D eigenvalue weighted by atomic mass is 9.87. The molecule has 0 aliphatic carbocycles. The summed E-state index contributed by atoms with van der Waals surface area (Å²) in [5, 5.41) is 0. The van der Waals surface area contributed by atoms with Gasteiger partial charge in [0.05, 0.1) is 5.56 Å². The summed E-state index contributed by atoms with van der Waals surface area (Å²) in [6.07, 6.45) is -3.19. The Balaban J connectivity index is 3.25. The number of alkyl halides is 3. The molecule has 0 saturated heterocycles. The van der Waals surface area contributed by atoms with Crippen molar-refractivity contribution < 1.29 is 17.6 Å². The van der Waals surface area contributed by atoms with Crippen LogP contribution in [0.25, 0.3) is 0 Å². The topological polar surface area (TPSA) is 26.0 Å². The zero-order valence-electron chi connectivity index (χ0n) is 10.4. The summed E-state index contributed by atoms with van der Waals surface area (Å²) in [5.74, 6) is -0.785. The van der Waals surface area contributed by atoms with Gasteiger partial charge in [0.25, 0.3) is 0 Å². The Morgan fingerprint density at radius 3 is 2.17 bits per heavy atom. The second kappa shape index (κ2) is 5.69. The van der Waals surface area contributed by atoms with E-state index in [1.165, 1.54) is 0 Å². The summed E-state index contributed by atoms with van der Waals surface area (Å²) in [6, 6.07) is 1.66. The molecule has 0 heterocycles. The maximum Gasteiger partial charge on any atom is 0.416 e. The van der Waals surface area contributed by atoms with E-state index < -0.39 is 23.6 Å². The zero-order chi connectivity index (χ0) is 13.9. The second-order valence-electron chi connectivity index (χ2n) is 4.33. The van der Waals surface area contributed by atoms with E-state index in [2.05, 4.69) is 0 Å². The molecule has 2 N–H and O–H groups in total. The van der Waals surface area contributed by atoms with E-state index in [1.807, 2.05) is 13.8 Å². The van der Waals surface area contributed by atoms with E-state index in [4.69, 9.17) is 5.73 Å². The molecule has 1 atom stereocenters. The van der Waals surface area contributed by atoms with Crippen molar-refractivity contribution >= 4 is 0 Å². The highest BCUT2D eigenvalue weighted by Crippen LogP contribution is 2.37. The highest BCUT2D eigenvalue weighted by molar-refractivity contribution is 5.33. The van der Waals surface area contributed by atoms with Crippen LogP contribution in [0.5, 0.6) is 0 Å². The summed E-state index contributed by atoms with van der Waals surface area (Å²) >= 11 is 0. The first-order chi connectivity index (χ1) is 8.31. The molecule has 1 nitrogen and oxygen atoms in total. The van der Waals surface area contributed by atoms with Crippen LogP contribution >= 0.6 is 0 Å². The Labute approximate surface area is 104 Å². The summed E-state index contributed by atoms with van der Waals surface area (Å²) in [4.78, 5) is 0. The molecule has 1 aromatic rings. The molecule has 0 spiro atoms. The van der Waals surface area contributed by atoms with Crippen molar-refractivity contribution in [3.8, 4) is 0 Å². The van der Waals surface area contributed by atoms with Crippen LogP contribution in [0.2, 0.25) is 0 Å². The average molecular weight is 263 g/mol. The first kappa shape index (κ1) is 15.0. The van der Waals surface area contributed by atoms with Crippen LogP contribution < -0.4 is 5.73 Å². The summed E-state index contributed by atoms with van der Waals surface area (Å²) in [5.41, 5.74) is 4.86. The molecule has 1 unspecified atom stereocenters. The van der Waals surface area contributed by atoms with Gasteiger partial charge in [0.1, 0.15) is 5.82 Å². The zero-order valence-corrected chi connectivity index (χ0v) is 10.4. The molecule has 102 valence electrons. The fourth-order valence-corrected chi connectivity index (χ4v) is 2.12. The molecule has 0 saturated carbocycles. The van der Waals surface area contributed by atoms with Gasteiger partial charge < -0.3 is 5.73 Å². The van der Waals surface area contributed by atoms with Crippen molar-refractivity contribution in [2.75, 3.05) is 0 Å². The van der Waals surface area contributed by atoms with Crippen molar-refractivity contribution in [1.29, 1.82) is 0 Å². The van der Waals surface area contributed by atoms with Crippen molar-refractivity contribution in [3.05, 3.63) is 35.1 Å². The Hall–Kier alpha value is -1.10. The highest BCUT2D eigenvalue weighted by atomic mass is 19.4. The predicted molar refractivity (Wildman–Crippen MR) is 62.4 cm³/mol. The third-order valence-electron chi connectivity index (χ3n) is 3.23. The van der Waals surface area contributed by atoms with Crippen molar-refractivity contribution in [2.24, 2.45) is 11.7 Å². The normalized spacial score (nSPS) is 14.0. The van der Waals surface area contributed by atoms with Crippen LogP contribution in [0.4, 0.5) is 17.6 Å². The number of hydrogen-bond donors (Lipinski definition) is 1. The molecule has 0 fully saturated rings. The van der Waals surface area contributed by atoms with Crippen LogP contribution in [0.15, 0.2) is 18.2 Å². The lowest BCUT2D eigenvalue weighted by Crippen LogP contribution is -2.24. The minimum atomic E-state index is -4.51. The molecule has 0 radical (unpaired) electrons. The molecule has 0 aliphatic heterocycles. The minimum absolute atomic E-state index is 0.0899. The van der Waals surface area contributed by atoms with Gasteiger partial charge in [-0.2, -0.15) is 13.2 Å².